The molecular weight excluding hydrogens is 252 g/mol. The van der Waals surface area contributed by atoms with E-state index in [9.17, 15) is 14.7 Å². The first-order valence-electron chi connectivity index (χ1n) is 7.04. The molecule has 3 nitrogen and oxygen atoms in total. The molecule has 3 heteroatoms. The summed E-state index contributed by atoms with van der Waals surface area (Å²) in [5, 5.41) is 10.1. The lowest BCUT2D eigenvalue weighted by atomic mass is 9.63. The number of hydrogen-bond donors (Lipinski definition) is 1. The second kappa shape index (κ2) is 4.72. The molecule has 1 N–H and O–H groups in total. The maximum absolute atomic E-state index is 11.9. The van der Waals surface area contributed by atoms with E-state index in [1.165, 1.54) is 0 Å². The Morgan fingerprint density at radius 2 is 1.65 bits per heavy atom. The third-order valence-corrected chi connectivity index (χ3v) is 4.54. The second-order valence-corrected chi connectivity index (χ2v) is 6.98. The number of rotatable bonds is 3. The van der Waals surface area contributed by atoms with Gasteiger partial charge in [-0.05, 0) is 46.9 Å². The quantitative estimate of drug-likeness (QED) is 0.521. The third kappa shape index (κ3) is 2.37. The largest absolute Gasteiger partial charge is 0.507 e. The van der Waals surface area contributed by atoms with Gasteiger partial charge in [0.25, 0.3) is 0 Å². The van der Waals surface area contributed by atoms with Crippen LogP contribution < -0.4 is 0 Å². The van der Waals surface area contributed by atoms with Crippen molar-refractivity contribution in [1.82, 2.24) is 0 Å². The van der Waals surface area contributed by atoms with Crippen molar-refractivity contribution in [2.24, 2.45) is 0 Å². The lowest BCUT2D eigenvalue weighted by molar-refractivity contribution is -0.107. The van der Waals surface area contributed by atoms with Crippen molar-refractivity contribution < 1.29 is 14.7 Å². The number of hydrogen-bond acceptors (Lipinski definition) is 3. The Kier molecular flexibility index (Phi) is 3.49. The first-order valence-corrected chi connectivity index (χ1v) is 7.04. The lowest BCUT2D eigenvalue weighted by Gasteiger charge is -2.42. The first-order chi connectivity index (χ1) is 9.19. The van der Waals surface area contributed by atoms with Crippen molar-refractivity contribution in [3.63, 3.8) is 0 Å². The van der Waals surface area contributed by atoms with Gasteiger partial charge in [0.15, 0.2) is 5.78 Å². The molecule has 0 fully saturated rings. The number of ketones is 1. The number of aldehydes is 1. The fourth-order valence-corrected chi connectivity index (χ4v) is 3.01. The van der Waals surface area contributed by atoms with Gasteiger partial charge < -0.3 is 9.90 Å². The minimum atomic E-state index is -0.320. The molecule has 1 aromatic rings. The first kappa shape index (κ1) is 14.8. The molecule has 0 unspecified atom stereocenters. The van der Waals surface area contributed by atoms with Crippen LogP contribution in [0.4, 0.5) is 0 Å². The summed E-state index contributed by atoms with van der Waals surface area (Å²) in [5.74, 6) is -0.333. The number of phenolic OH excluding ortho intramolecular Hbond substituents is 1. The van der Waals surface area contributed by atoms with Crippen LogP contribution in [0.1, 0.15) is 68.4 Å². The van der Waals surface area contributed by atoms with Crippen LogP contribution in [-0.2, 0) is 15.6 Å². The van der Waals surface area contributed by atoms with Gasteiger partial charge in [0, 0.05) is 0 Å². The van der Waals surface area contributed by atoms with Gasteiger partial charge in [-0.1, -0.05) is 27.7 Å². The Morgan fingerprint density at radius 3 is 2.15 bits per heavy atom. The van der Waals surface area contributed by atoms with Gasteiger partial charge in [0.1, 0.15) is 12.0 Å². The molecule has 1 aromatic carbocycles. The highest BCUT2D eigenvalue weighted by molar-refractivity contribution is 6.04. The van der Waals surface area contributed by atoms with Gasteiger partial charge in [0.2, 0.25) is 0 Å². The maximum Gasteiger partial charge on any atom is 0.173 e. The molecular formula is C17H22O3. The van der Waals surface area contributed by atoms with Gasteiger partial charge >= 0.3 is 0 Å². The minimum Gasteiger partial charge on any atom is -0.507 e. The zero-order chi connectivity index (χ0) is 15.1. The summed E-state index contributed by atoms with van der Waals surface area (Å²) >= 11 is 0. The topological polar surface area (TPSA) is 54.4 Å². The highest BCUT2D eigenvalue weighted by Gasteiger charge is 2.38. The van der Waals surface area contributed by atoms with Crippen LogP contribution in [0.25, 0.3) is 0 Å². The van der Waals surface area contributed by atoms with Gasteiger partial charge in [-0.2, -0.15) is 0 Å². The molecule has 0 saturated heterocycles. The van der Waals surface area contributed by atoms with Crippen LogP contribution in [0.5, 0.6) is 5.75 Å². The Morgan fingerprint density at radius 1 is 1.15 bits per heavy atom. The number of Topliss-reactive ketones (excluding diaryl/α,β-unsaturated/α-hetero) is 1. The predicted octanol–water partition coefficient (Wildman–Crippen LogP) is 3.51. The lowest BCUT2D eigenvalue weighted by Crippen LogP contribution is -2.34. The fraction of sp³-hybridized carbons (Fsp3) is 0.529. The van der Waals surface area contributed by atoms with Crippen LogP contribution in [0.3, 0.4) is 0 Å². The molecule has 0 atom stereocenters. The van der Waals surface area contributed by atoms with Crippen LogP contribution in [0.15, 0.2) is 12.1 Å². The zero-order valence-electron chi connectivity index (χ0n) is 12.6. The highest BCUT2D eigenvalue weighted by atomic mass is 16.3. The van der Waals surface area contributed by atoms with Crippen LogP contribution in [-0.4, -0.2) is 17.2 Å². The molecule has 20 heavy (non-hydrogen) atoms. The second-order valence-electron chi connectivity index (χ2n) is 6.98. The Balaban J connectivity index is 2.63. The van der Waals surface area contributed by atoms with Crippen molar-refractivity contribution in [2.75, 3.05) is 0 Å². The van der Waals surface area contributed by atoms with E-state index in [1.807, 2.05) is 0 Å². The van der Waals surface area contributed by atoms with Crippen molar-refractivity contribution in [2.45, 2.75) is 57.8 Å². The third-order valence-electron chi connectivity index (χ3n) is 4.54. The number of benzene rings is 1. The molecule has 0 aromatic heterocycles. The molecule has 0 heterocycles. The summed E-state index contributed by atoms with van der Waals surface area (Å²) in [4.78, 5) is 22.4. The summed E-state index contributed by atoms with van der Waals surface area (Å²) in [6.45, 7) is 8.64. The smallest absolute Gasteiger partial charge is 0.173 e. The van der Waals surface area contributed by atoms with E-state index in [-0.39, 0.29) is 34.3 Å². The molecule has 0 aliphatic heterocycles. The molecule has 1 aliphatic rings. The molecule has 2 rings (SSSR count). The molecule has 0 bridgehead atoms. The monoisotopic (exact) mass is 274 g/mol. The van der Waals surface area contributed by atoms with E-state index in [0.717, 1.165) is 24.0 Å². The molecule has 108 valence electrons. The van der Waals surface area contributed by atoms with Gasteiger partial charge in [-0.25, -0.2) is 0 Å². The number of carbonyl (C=O) groups excluding carboxylic acids is 2. The molecule has 0 amide bonds. The van der Waals surface area contributed by atoms with Crippen molar-refractivity contribution >= 4 is 12.1 Å². The number of aromatic hydroxyl groups is 1. The highest BCUT2D eigenvalue weighted by Crippen LogP contribution is 2.47. The number of fused-ring (bicyclic) bond motifs is 1. The summed E-state index contributed by atoms with van der Waals surface area (Å²) in [6, 6.07) is 3.51. The van der Waals surface area contributed by atoms with E-state index in [2.05, 4.69) is 27.7 Å². The maximum atomic E-state index is 11.9. The number of carbonyl (C=O) groups is 2. The van der Waals surface area contributed by atoms with Gasteiger partial charge in [-0.15, -0.1) is 0 Å². The average Bonchev–Trinajstić information content (AvgIpc) is 2.35. The van der Waals surface area contributed by atoms with Crippen molar-refractivity contribution in [1.29, 1.82) is 0 Å². The van der Waals surface area contributed by atoms with E-state index in [1.54, 1.807) is 12.1 Å². The summed E-state index contributed by atoms with van der Waals surface area (Å²) in [5.41, 5.74) is 2.46. The Hall–Kier alpha value is -1.64. The van der Waals surface area contributed by atoms with Gasteiger partial charge in [-0.3, -0.25) is 4.79 Å². The van der Waals surface area contributed by atoms with Crippen LogP contribution in [0.2, 0.25) is 0 Å². The minimum absolute atomic E-state index is 0.00539. The van der Waals surface area contributed by atoms with E-state index in [0.29, 0.717) is 6.29 Å². The summed E-state index contributed by atoms with van der Waals surface area (Å²) in [6.07, 6.45) is 2.49. The van der Waals surface area contributed by atoms with Crippen LogP contribution >= 0.6 is 0 Å². The standard InChI is InChI=1S/C17H22O3/c1-16(2)6-7-17(3,4)13-10-15(20)11(9-12(13)16)14(19)5-8-18/h8-10,20H,5-7H2,1-4H3. The van der Waals surface area contributed by atoms with Gasteiger partial charge in [0.05, 0.1) is 12.0 Å². The number of phenols is 1. The SMILES string of the molecule is CC1(C)CCC(C)(C)c2cc(C(=O)CC=O)c(O)cc21. The zero-order valence-corrected chi connectivity index (χ0v) is 12.6. The molecule has 0 saturated carbocycles. The van der Waals surface area contributed by atoms with E-state index in [4.69, 9.17) is 0 Å². The summed E-state index contributed by atoms with van der Waals surface area (Å²) < 4.78 is 0. The molecule has 0 spiro atoms. The van der Waals surface area contributed by atoms with E-state index >= 15 is 0 Å². The average molecular weight is 274 g/mol. The normalized spacial score (nSPS) is 19.2. The molecule has 0 radical (unpaired) electrons. The Labute approximate surface area is 120 Å². The van der Waals surface area contributed by atoms with Crippen molar-refractivity contribution in [3.05, 3.63) is 28.8 Å². The Bertz CT molecular complexity index is 568. The fourth-order valence-electron chi connectivity index (χ4n) is 3.01. The van der Waals surface area contributed by atoms with Crippen LogP contribution in [0, 0.1) is 0 Å². The van der Waals surface area contributed by atoms with Crippen molar-refractivity contribution in [3.8, 4) is 5.75 Å². The predicted molar refractivity (Wildman–Crippen MR) is 78.4 cm³/mol. The molecule has 1 aliphatic carbocycles. The van der Waals surface area contributed by atoms with E-state index < -0.39 is 0 Å². The summed E-state index contributed by atoms with van der Waals surface area (Å²) in [7, 11) is 0.